The second kappa shape index (κ2) is 7.45. The van der Waals surface area contributed by atoms with Crippen LogP contribution in [0.25, 0.3) is 0 Å². The normalized spacial score (nSPS) is 12.7. The summed E-state index contributed by atoms with van der Waals surface area (Å²) in [5.74, 6) is 0.660. The fourth-order valence-corrected chi connectivity index (χ4v) is 2.14. The van der Waals surface area contributed by atoms with E-state index >= 15 is 0 Å². The van der Waals surface area contributed by atoms with E-state index in [1.807, 2.05) is 0 Å². The van der Waals surface area contributed by atoms with E-state index in [9.17, 15) is 0 Å². The first-order valence-electron chi connectivity index (χ1n) is 6.52. The van der Waals surface area contributed by atoms with Gasteiger partial charge >= 0.3 is 0 Å². The van der Waals surface area contributed by atoms with Crippen LogP contribution in [0.4, 0.5) is 0 Å². The Kier molecular flexibility index (Phi) is 6.17. The summed E-state index contributed by atoms with van der Waals surface area (Å²) in [7, 11) is 0. The Morgan fingerprint density at radius 1 is 1.19 bits per heavy atom. The van der Waals surface area contributed by atoms with Gasteiger partial charge in [0.05, 0.1) is 0 Å². The molecule has 16 heavy (non-hydrogen) atoms. The standard InChI is InChI=1S/C15H25N/c1-3-4-5-9-14(12-16)11-15-10-7-6-8-13(15)2/h6-8,10,14H,3-5,9,11-12,16H2,1-2H3. The Hall–Kier alpha value is -0.820. The second-order valence-corrected chi connectivity index (χ2v) is 4.73. The number of hydrogen-bond acceptors (Lipinski definition) is 1. The SMILES string of the molecule is CCCCCC(CN)Cc1ccccc1C. The minimum atomic E-state index is 0.660. The fraction of sp³-hybridized carbons (Fsp3) is 0.600. The molecule has 2 N–H and O–H groups in total. The van der Waals surface area contributed by atoms with Crippen LogP contribution in [0.5, 0.6) is 0 Å². The average Bonchev–Trinajstić information content (AvgIpc) is 2.30. The minimum Gasteiger partial charge on any atom is -0.330 e. The van der Waals surface area contributed by atoms with Crippen LogP contribution < -0.4 is 5.73 Å². The average molecular weight is 219 g/mol. The number of aryl methyl sites for hydroxylation is 1. The molecule has 1 aromatic carbocycles. The molecule has 1 atom stereocenters. The van der Waals surface area contributed by atoms with Gasteiger partial charge in [0.25, 0.3) is 0 Å². The van der Waals surface area contributed by atoms with Crippen LogP contribution in [0.2, 0.25) is 0 Å². The van der Waals surface area contributed by atoms with Crippen LogP contribution in [0.15, 0.2) is 24.3 Å². The Bertz CT molecular complexity index is 293. The zero-order valence-electron chi connectivity index (χ0n) is 10.7. The van der Waals surface area contributed by atoms with Gasteiger partial charge in [0.1, 0.15) is 0 Å². The maximum absolute atomic E-state index is 5.85. The minimum absolute atomic E-state index is 0.660. The molecule has 0 saturated heterocycles. The van der Waals surface area contributed by atoms with Gasteiger partial charge in [-0.2, -0.15) is 0 Å². The van der Waals surface area contributed by atoms with E-state index in [1.54, 1.807) is 0 Å². The monoisotopic (exact) mass is 219 g/mol. The number of hydrogen-bond donors (Lipinski definition) is 1. The molecule has 1 aromatic rings. The van der Waals surface area contributed by atoms with E-state index in [1.165, 1.54) is 36.8 Å². The molecule has 1 unspecified atom stereocenters. The van der Waals surface area contributed by atoms with Crippen molar-refractivity contribution in [2.24, 2.45) is 11.7 Å². The molecule has 1 heteroatoms. The zero-order valence-corrected chi connectivity index (χ0v) is 10.7. The number of rotatable bonds is 7. The molecule has 0 fully saturated rings. The van der Waals surface area contributed by atoms with Gasteiger partial charge in [0.15, 0.2) is 0 Å². The van der Waals surface area contributed by atoms with Crippen molar-refractivity contribution in [2.75, 3.05) is 6.54 Å². The highest BCUT2D eigenvalue weighted by Gasteiger charge is 2.08. The van der Waals surface area contributed by atoms with Crippen LogP contribution in [0.3, 0.4) is 0 Å². The first-order chi connectivity index (χ1) is 7.77. The van der Waals surface area contributed by atoms with Gasteiger partial charge in [0, 0.05) is 0 Å². The van der Waals surface area contributed by atoms with Crippen molar-refractivity contribution in [3.8, 4) is 0 Å². The second-order valence-electron chi connectivity index (χ2n) is 4.73. The summed E-state index contributed by atoms with van der Waals surface area (Å²) >= 11 is 0. The smallest absolute Gasteiger partial charge is 0.00457 e. The van der Waals surface area contributed by atoms with E-state index in [0.29, 0.717) is 5.92 Å². The third-order valence-corrected chi connectivity index (χ3v) is 3.32. The number of nitrogens with two attached hydrogens (primary N) is 1. The number of unbranched alkanes of at least 4 members (excludes halogenated alkanes) is 2. The lowest BCUT2D eigenvalue weighted by atomic mass is 9.92. The van der Waals surface area contributed by atoms with Gasteiger partial charge in [-0.15, -0.1) is 0 Å². The van der Waals surface area contributed by atoms with Crippen LogP contribution in [0, 0.1) is 12.8 Å². The summed E-state index contributed by atoms with van der Waals surface area (Å²) in [6.07, 6.45) is 6.38. The maximum atomic E-state index is 5.85. The van der Waals surface area contributed by atoms with Gasteiger partial charge in [-0.3, -0.25) is 0 Å². The Balaban J connectivity index is 2.46. The predicted octanol–water partition coefficient (Wildman–Crippen LogP) is 3.69. The van der Waals surface area contributed by atoms with Gasteiger partial charge in [0.2, 0.25) is 0 Å². The maximum Gasteiger partial charge on any atom is -0.00457 e. The van der Waals surface area contributed by atoms with Gasteiger partial charge in [-0.25, -0.2) is 0 Å². The highest BCUT2D eigenvalue weighted by atomic mass is 14.5. The van der Waals surface area contributed by atoms with Crippen molar-refractivity contribution in [3.63, 3.8) is 0 Å². The van der Waals surface area contributed by atoms with E-state index in [-0.39, 0.29) is 0 Å². The van der Waals surface area contributed by atoms with Crippen LogP contribution in [-0.2, 0) is 6.42 Å². The lowest BCUT2D eigenvalue weighted by molar-refractivity contribution is 0.464. The summed E-state index contributed by atoms with van der Waals surface area (Å²) in [4.78, 5) is 0. The zero-order chi connectivity index (χ0) is 11.8. The molecule has 0 aliphatic heterocycles. The van der Waals surface area contributed by atoms with Crippen molar-refractivity contribution in [3.05, 3.63) is 35.4 Å². The molecule has 0 spiro atoms. The molecule has 0 aliphatic rings. The summed E-state index contributed by atoms with van der Waals surface area (Å²) in [6.45, 7) is 5.26. The highest BCUT2D eigenvalue weighted by Crippen LogP contribution is 2.17. The predicted molar refractivity (Wildman–Crippen MR) is 71.6 cm³/mol. The quantitative estimate of drug-likeness (QED) is 0.695. The van der Waals surface area contributed by atoms with E-state index < -0.39 is 0 Å². The van der Waals surface area contributed by atoms with E-state index in [2.05, 4.69) is 38.1 Å². The molecule has 0 bridgehead atoms. The molecule has 0 aromatic heterocycles. The van der Waals surface area contributed by atoms with E-state index in [4.69, 9.17) is 5.73 Å². The molecule has 0 radical (unpaired) electrons. The van der Waals surface area contributed by atoms with Crippen molar-refractivity contribution in [1.82, 2.24) is 0 Å². The Morgan fingerprint density at radius 2 is 1.94 bits per heavy atom. The molecule has 1 nitrogen and oxygen atoms in total. The molecule has 0 amide bonds. The van der Waals surface area contributed by atoms with Crippen molar-refractivity contribution in [2.45, 2.75) is 46.0 Å². The lowest BCUT2D eigenvalue weighted by Gasteiger charge is -2.15. The van der Waals surface area contributed by atoms with Crippen LogP contribution >= 0.6 is 0 Å². The summed E-state index contributed by atoms with van der Waals surface area (Å²) < 4.78 is 0. The van der Waals surface area contributed by atoms with Crippen LogP contribution in [0.1, 0.15) is 43.7 Å². The Morgan fingerprint density at radius 3 is 2.56 bits per heavy atom. The van der Waals surface area contributed by atoms with Crippen LogP contribution in [-0.4, -0.2) is 6.54 Å². The number of benzene rings is 1. The molecule has 90 valence electrons. The molecule has 1 rings (SSSR count). The largest absolute Gasteiger partial charge is 0.330 e. The molecular weight excluding hydrogens is 194 g/mol. The van der Waals surface area contributed by atoms with Crippen molar-refractivity contribution < 1.29 is 0 Å². The third kappa shape index (κ3) is 4.36. The summed E-state index contributed by atoms with van der Waals surface area (Å²) in [5, 5.41) is 0. The third-order valence-electron chi connectivity index (χ3n) is 3.32. The van der Waals surface area contributed by atoms with Gasteiger partial charge in [-0.1, -0.05) is 50.5 Å². The molecule has 0 aliphatic carbocycles. The topological polar surface area (TPSA) is 26.0 Å². The fourth-order valence-electron chi connectivity index (χ4n) is 2.14. The van der Waals surface area contributed by atoms with Gasteiger partial charge < -0.3 is 5.73 Å². The first-order valence-corrected chi connectivity index (χ1v) is 6.52. The van der Waals surface area contributed by atoms with Crippen molar-refractivity contribution >= 4 is 0 Å². The van der Waals surface area contributed by atoms with Crippen molar-refractivity contribution in [1.29, 1.82) is 0 Å². The summed E-state index contributed by atoms with van der Waals surface area (Å²) in [5.41, 5.74) is 8.72. The van der Waals surface area contributed by atoms with Gasteiger partial charge in [-0.05, 0) is 43.4 Å². The molecular formula is C15H25N. The molecule has 0 heterocycles. The Labute approximate surface area is 100 Å². The molecule has 0 saturated carbocycles. The lowest BCUT2D eigenvalue weighted by Crippen LogP contribution is -2.17. The highest BCUT2D eigenvalue weighted by molar-refractivity contribution is 5.25. The summed E-state index contributed by atoms with van der Waals surface area (Å²) in [6, 6.07) is 8.65. The first kappa shape index (κ1) is 13.2. The van der Waals surface area contributed by atoms with E-state index in [0.717, 1.165) is 13.0 Å².